The number of benzene rings is 1. The van der Waals surface area contributed by atoms with Gasteiger partial charge >= 0.3 is 0 Å². The van der Waals surface area contributed by atoms with Crippen LogP contribution in [0.5, 0.6) is 11.6 Å². The highest BCUT2D eigenvalue weighted by atomic mass is 16.5. The van der Waals surface area contributed by atoms with Crippen LogP contribution in [0.1, 0.15) is 18.9 Å². The van der Waals surface area contributed by atoms with Crippen LogP contribution in [0.15, 0.2) is 36.7 Å². The van der Waals surface area contributed by atoms with Gasteiger partial charge in [-0.25, -0.2) is 9.97 Å². The van der Waals surface area contributed by atoms with Gasteiger partial charge in [-0.05, 0) is 30.5 Å². The highest BCUT2D eigenvalue weighted by Crippen LogP contribution is 2.21. The third-order valence-electron chi connectivity index (χ3n) is 2.94. The fourth-order valence-corrected chi connectivity index (χ4v) is 1.81. The van der Waals surface area contributed by atoms with Crippen LogP contribution in [-0.4, -0.2) is 30.2 Å². The fraction of sp³-hybridized carbons (Fsp3) is 0.375. The van der Waals surface area contributed by atoms with E-state index in [9.17, 15) is 0 Å². The Balaban J connectivity index is 1.97. The van der Waals surface area contributed by atoms with E-state index in [0.29, 0.717) is 5.88 Å². The number of hydrogen-bond acceptors (Lipinski definition) is 5. The zero-order valence-electron chi connectivity index (χ0n) is 12.5. The molecule has 0 fully saturated rings. The average Bonchev–Trinajstić information content (AvgIpc) is 2.53. The molecule has 0 radical (unpaired) electrons. The Morgan fingerprint density at radius 1 is 1.14 bits per heavy atom. The van der Waals surface area contributed by atoms with E-state index in [2.05, 4.69) is 22.2 Å². The predicted molar refractivity (Wildman–Crippen MR) is 82.9 cm³/mol. The van der Waals surface area contributed by atoms with Gasteiger partial charge in [-0.1, -0.05) is 19.1 Å². The molecule has 1 aromatic heterocycles. The van der Waals surface area contributed by atoms with Crippen molar-refractivity contribution in [2.75, 3.05) is 25.6 Å². The van der Waals surface area contributed by atoms with Crippen LogP contribution < -0.4 is 10.1 Å². The maximum absolute atomic E-state index is 5.74. The van der Waals surface area contributed by atoms with Crippen molar-refractivity contribution in [1.29, 1.82) is 0 Å². The number of rotatable bonds is 8. The molecule has 1 heterocycles. The summed E-state index contributed by atoms with van der Waals surface area (Å²) in [6, 6.07) is 9.74. The molecule has 0 amide bonds. The van der Waals surface area contributed by atoms with Crippen LogP contribution in [0.4, 0.5) is 5.82 Å². The van der Waals surface area contributed by atoms with Crippen LogP contribution in [-0.2, 0) is 11.2 Å². The minimum atomic E-state index is 0.535. The first-order chi connectivity index (χ1) is 10.3. The minimum absolute atomic E-state index is 0.535. The van der Waals surface area contributed by atoms with Crippen molar-refractivity contribution in [2.24, 2.45) is 0 Å². The van der Waals surface area contributed by atoms with Crippen molar-refractivity contribution < 1.29 is 9.47 Å². The molecule has 0 aliphatic rings. The van der Waals surface area contributed by atoms with Gasteiger partial charge in [-0.2, -0.15) is 0 Å². The smallest absolute Gasteiger partial charge is 0.224 e. The van der Waals surface area contributed by atoms with Gasteiger partial charge in [0.1, 0.15) is 17.9 Å². The summed E-state index contributed by atoms with van der Waals surface area (Å²) in [7, 11) is 1.71. The second-order valence-corrected chi connectivity index (χ2v) is 4.66. The fourth-order valence-electron chi connectivity index (χ4n) is 1.81. The molecule has 5 heteroatoms. The van der Waals surface area contributed by atoms with E-state index in [0.717, 1.165) is 37.6 Å². The normalized spacial score (nSPS) is 10.4. The average molecular weight is 287 g/mol. The minimum Gasteiger partial charge on any atom is -0.439 e. The Bertz CT molecular complexity index is 543. The van der Waals surface area contributed by atoms with Gasteiger partial charge in [0, 0.05) is 19.7 Å². The van der Waals surface area contributed by atoms with Crippen LogP contribution in [0.25, 0.3) is 0 Å². The highest BCUT2D eigenvalue weighted by Gasteiger charge is 2.02. The van der Waals surface area contributed by atoms with Crippen molar-refractivity contribution in [2.45, 2.75) is 19.8 Å². The molecule has 0 atom stereocenters. The van der Waals surface area contributed by atoms with Gasteiger partial charge in [-0.3, -0.25) is 0 Å². The number of hydrogen-bond donors (Lipinski definition) is 1. The molecule has 0 saturated heterocycles. The van der Waals surface area contributed by atoms with Crippen LogP contribution >= 0.6 is 0 Å². The standard InChI is InChI=1S/C16H21N3O2/c1-3-9-17-15-11-16(19-12-18-15)21-14-6-4-13(5-7-14)8-10-20-2/h4-7,11-12H,3,8-10H2,1-2H3,(H,17,18,19). The molecule has 0 aliphatic heterocycles. The molecular formula is C16H21N3O2. The number of ether oxygens (including phenoxy) is 2. The second kappa shape index (κ2) is 8.21. The van der Waals surface area contributed by atoms with Gasteiger partial charge in [0.25, 0.3) is 0 Å². The van der Waals surface area contributed by atoms with Crippen LogP contribution in [0.2, 0.25) is 0 Å². The summed E-state index contributed by atoms with van der Waals surface area (Å²) in [6.45, 7) is 3.71. The Labute approximate surface area is 125 Å². The largest absolute Gasteiger partial charge is 0.439 e. The molecule has 0 bridgehead atoms. The van der Waals surface area contributed by atoms with Crippen molar-refractivity contribution in [3.63, 3.8) is 0 Å². The molecule has 0 spiro atoms. The molecule has 1 N–H and O–H groups in total. The number of methoxy groups -OCH3 is 1. The van der Waals surface area contributed by atoms with Gasteiger partial charge in [-0.15, -0.1) is 0 Å². The molecule has 2 aromatic rings. The lowest BCUT2D eigenvalue weighted by Gasteiger charge is -2.08. The van der Waals surface area contributed by atoms with E-state index < -0.39 is 0 Å². The van der Waals surface area contributed by atoms with Gasteiger partial charge < -0.3 is 14.8 Å². The number of nitrogens with zero attached hydrogens (tertiary/aromatic N) is 2. The SMILES string of the molecule is CCCNc1cc(Oc2ccc(CCOC)cc2)ncn1. The lowest BCUT2D eigenvalue weighted by molar-refractivity contribution is 0.202. The maximum atomic E-state index is 5.74. The van der Waals surface area contributed by atoms with E-state index in [1.165, 1.54) is 11.9 Å². The highest BCUT2D eigenvalue weighted by molar-refractivity contribution is 5.39. The van der Waals surface area contributed by atoms with Crippen LogP contribution in [0, 0.1) is 0 Å². The first kappa shape index (κ1) is 15.3. The topological polar surface area (TPSA) is 56.3 Å². The summed E-state index contributed by atoms with van der Waals surface area (Å²) in [6.07, 6.45) is 3.44. The number of aromatic nitrogens is 2. The molecular weight excluding hydrogens is 266 g/mol. The third kappa shape index (κ3) is 5.04. The summed E-state index contributed by atoms with van der Waals surface area (Å²) in [5.74, 6) is 2.07. The van der Waals surface area contributed by atoms with Crippen molar-refractivity contribution in [3.05, 3.63) is 42.2 Å². The summed E-state index contributed by atoms with van der Waals surface area (Å²) >= 11 is 0. The van der Waals surface area contributed by atoms with Crippen molar-refractivity contribution >= 4 is 5.82 Å². The predicted octanol–water partition coefficient (Wildman–Crippen LogP) is 3.28. The molecule has 5 nitrogen and oxygen atoms in total. The first-order valence-electron chi connectivity index (χ1n) is 7.13. The lowest BCUT2D eigenvalue weighted by Crippen LogP contribution is -2.02. The second-order valence-electron chi connectivity index (χ2n) is 4.66. The molecule has 0 unspecified atom stereocenters. The number of nitrogens with one attached hydrogen (secondary N) is 1. The van der Waals surface area contributed by atoms with E-state index in [4.69, 9.17) is 9.47 Å². The van der Waals surface area contributed by atoms with E-state index in [1.54, 1.807) is 13.2 Å². The lowest BCUT2D eigenvalue weighted by atomic mass is 10.1. The van der Waals surface area contributed by atoms with E-state index >= 15 is 0 Å². The van der Waals surface area contributed by atoms with Gasteiger partial charge in [0.15, 0.2) is 0 Å². The zero-order chi connectivity index (χ0) is 14.9. The molecule has 0 saturated carbocycles. The van der Waals surface area contributed by atoms with Crippen LogP contribution in [0.3, 0.4) is 0 Å². The summed E-state index contributed by atoms with van der Waals surface area (Å²) in [5.41, 5.74) is 1.22. The van der Waals surface area contributed by atoms with Crippen molar-refractivity contribution in [1.82, 2.24) is 9.97 Å². The summed E-state index contributed by atoms with van der Waals surface area (Å²) < 4.78 is 10.8. The summed E-state index contributed by atoms with van der Waals surface area (Å²) in [4.78, 5) is 8.27. The Hall–Kier alpha value is -2.14. The van der Waals surface area contributed by atoms with E-state index in [-0.39, 0.29) is 0 Å². The molecule has 0 aliphatic carbocycles. The maximum Gasteiger partial charge on any atom is 0.224 e. The molecule has 112 valence electrons. The molecule has 2 rings (SSSR count). The Kier molecular flexibility index (Phi) is 5.97. The molecule has 21 heavy (non-hydrogen) atoms. The Morgan fingerprint density at radius 3 is 2.67 bits per heavy atom. The first-order valence-corrected chi connectivity index (χ1v) is 7.13. The third-order valence-corrected chi connectivity index (χ3v) is 2.94. The Morgan fingerprint density at radius 2 is 1.95 bits per heavy atom. The molecule has 1 aromatic carbocycles. The van der Waals surface area contributed by atoms with E-state index in [1.807, 2.05) is 24.3 Å². The van der Waals surface area contributed by atoms with Crippen molar-refractivity contribution in [3.8, 4) is 11.6 Å². The van der Waals surface area contributed by atoms with Gasteiger partial charge in [0.2, 0.25) is 5.88 Å². The van der Waals surface area contributed by atoms with Gasteiger partial charge in [0.05, 0.1) is 6.61 Å². The zero-order valence-corrected chi connectivity index (χ0v) is 12.5. The number of anilines is 1. The summed E-state index contributed by atoms with van der Waals surface area (Å²) in [5, 5.41) is 3.21. The monoisotopic (exact) mass is 287 g/mol. The quantitative estimate of drug-likeness (QED) is 0.807.